The molecular formula is C73H126N10O17. The molecule has 27 atom stereocenters. The summed E-state index contributed by atoms with van der Waals surface area (Å²) in [5.41, 5.74) is 12.7. The Morgan fingerprint density at radius 3 is 1.27 bits per heavy atom. The van der Waals surface area contributed by atoms with Crippen molar-refractivity contribution in [2.75, 3.05) is 68.6 Å². The summed E-state index contributed by atoms with van der Waals surface area (Å²) in [5.74, 6) is -7.44. The van der Waals surface area contributed by atoms with Crippen molar-refractivity contribution in [3.8, 4) is 0 Å². The highest BCUT2D eigenvalue weighted by Crippen LogP contribution is 2.48. The fraction of sp³-hybridized carbons (Fsp3) is 0.904. The molecule has 0 aromatic heterocycles. The Hall–Kier alpha value is -5.21. The zero-order valence-electron chi connectivity index (χ0n) is 65.1. The number of nitrogens with zero attached hydrogens (tertiary/aromatic N) is 10. The van der Waals surface area contributed by atoms with Gasteiger partial charge in [0.1, 0.15) is 29.8 Å². The predicted molar refractivity (Wildman–Crippen MR) is 376 cm³/mol. The van der Waals surface area contributed by atoms with Crippen molar-refractivity contribution >= 4 is 41.5 Å². The molecule has 0 radical (unpaired) electrons. The van der Waals surface area contributed by atoms with Crippen LogP contribution in [-0.2, 0) is 71.3 Å². The molecule has 0 aromatic carbocycles. The number of unbranched alkanes of at least 4 members (excludes halogenated alkanes) is 2. The molecule has 2 amide bonds. The van der Waals surface area contributed by atoms with Crippen molar-refractivity contribution < 1.29 is 80.9 Å². The smallest absolute Gasteiger partial charge is 0.410 e. The number of methoxy groups -OCH3 is 2. The number of carbonyl (C=O) groups excluding carboxylic acids is 7. The molecule has 9 unspecified atom stereocenters. The van der Waals surface area contributed by atoms with E-state index in [0.29, 0.717) is 51.6 Å². The summed E-state index contributed by atoms with van der Waals surface area (Å²) in [6.07, 6.45) is -0.480. The molecule has 6 saturated heterocycles. The van der Waals surface area contributed by atoms with E-state index in [2.05, 4.69) is 78.6 Å². The quantitative estimate of drug-likeness (QED) is 0.0208. The molecule has 6 heterocycles. The molecule has 0 spiro atoms. The Kier molecular flexibility index (Phi) is 31.2. The highest BCUT2D eigenvalue weighted by molar-refractivity contribution is 6.01. The van der Waals surface area contributed by atoms with E-state index in [4.69, 9.17) is 58.4 Å². The van der Waals surface area contributed by atoms with Crippen LogP contribution in [0.1, 0.15) is 196 Å². The average Bonchev–Trinajstić information content (AvgIpc) is 1.61. The van der Waals surface area contributed by atoms with E-state index in [1.807, 2.05) is 76.4 Å². The van der Waals surface area contributed by atoms with Crippen LogP contribution in [0, 0.1) is 65.1 Å². The van der Waals surface area contributed by atoms with E-state index in [0.717, 1.165) is 12.8 Å². The SMILES string of the molecule is CC[C@H]1OC(=O)[C@H](C)C(=O)[C@H](C)[C@@H](O[C@@H]2OC(C)CC(N(C)C)C2C)[C@](C)(OC)C[C@@H](C)C(=O)C(C)[C@H]2N(CCCCN=[N+]=[N-])C(=O)O[C@]12C.CC[C@H]1OC(=O)[C@H](C)C(=O)[C@H](C)[C@@H](O[C@@H]2OC(C)CC(N(C)C)C2C)[C@](C)(OC)C[C@@H](C)C(C)C(C)[C@H]2N(CCCCN=[N+]=[N-])C(=O)O[C@]12C. The largest absolute Gasteiger partial charge is 0.458 e. The first-order valence-corrected chi connectivity index (χ1v) is 36.8. The minimum Gasteiger partial charge on any atom is -0.458 e. The van der Waals surface area contributed by atoms with Crippen LogP contribution >= 0.6 is 0 Å². The molecule has 570 valence electrons. The second kappa shape index (κ2) is 36.5. The van der Waals surface area contributed by atoms with Gasteiger partial charge in [-0.25, -0.2) is 9.59 Å². The maximum atomic E-state index is 14.5. The lowest BCUT2D eigenvalue weighted by molar-refractivity contribution is -0.281. The topological polar surface area (TPSA) is 322 Å². The molecular weight excluding hydrogens is 1290 g/mol. The molecule has 0 aromatic rings. The average molecular weight is 1420 g/mol. The van der Waals surface area contributed by atoms with Gasteiger partial charge in [-0.3, -0.25) is 24.0 Å². The van der Waals surface area contributed by atoms with Crippen molar-refractivity contribution in [3.05, 3.63) is 20.9 Å². The Labute approximate surface area is 596 Å². The normalized spacial score (nSPS) is 41.2. The first kappa shape index (κ1) is 85.4. The van der Waals surface area contributed by atoms with Crippen molar-refractivity contribution in [1.29, 1.82) is 0 Å². The lowest BCUT2D eigenvalue weighted by Crippen LogP contribution is -2.59. The van der Waals surface area contributed by atoms with Crippen LogP contribution in [0.3, 0.4) is 0 Å². The second-order valence-electron chi connectivity index (χ2n) is 31.4. The van der Waals surface area contributed by atoms with Crippen LogP contribution < -0.4 is 0 Å². The summed E-state index contributed by atoms with van der Waals surface area (Å²) >= 11 is 0. The van der Waals surface area contributed by atoms with Gasteiger partial charge in [-0.05, 0) is 177 Å². The molecule has 0 saturated carbocycles. The fourth-order valence-electron chi connectivity index (χ4n) is 17.4. The number of carbonyl (C=O) groups is 7. The minimum absolute atomic E-state index is 0.0112. The number of ether oxygens (including phenoxy) is 10. The summed E-state index contributed by atoms with van der Waals surface area (Å²) in [5, 5.41) is 7.22. The molecule has 0 N–H and O–H groups in total. The highest BCUT2D eigenvalue weighted by atomic mass is 16.7. The van der Waals surface area contributed by atoms with Gasteiger partial charge in [0.05, 0.1) is 47.7 Å². The number of hydrogen-bond donors (Lipinski definition) is 0. The van der Waals surface area contributed by atoms with Crippen LogP contribution in [0.2, 0.25) is 0 Å². The van der Waals surface area contributed by atoms with Crippen LogP contribution in [0.4, 0.5) is 9.59 Å². The number of rotatable bonds is 20. The Morgan fingerprint density at radius 1 is 0.520 bits per heavy atom. The maximum Gasteiger partial charge on any atom is 0.410 e. The molecule has 0 bridgehead atoms. The van der Waals surface area contributed by atoms with E-state index in [1.54, 1.807) is 39.7 Å². The Balaban J connectivity index is 0.000000361. The molecule has 6 rings (SSSR count). The molecule has 100 heavy (non-hydrogen) atoms. The Morgan fingerprint density at radius 2 is 0.900 bits per heavy atom. The van der Waals surface area contributed by atoms with E-state index in [9.17, 15) is 33.6 Å². The van der Waals surface area contributed by atoms with Gasteiger partial charge in [0, 0.05) is 97.8 Å². The van der Waals surface area contributed by atoms with Gasteiger partial charge in [-0.1, -0.05) is 86.4 Å². The maximum absolute atomic E-state index is 14.5. The third-order valence-corrected chi connectivity index (χ3v) is 23.8. The first-order valence-electron chi connectivity index (χ1n) is 36.8. The first-order chi connectivity index (χ1) is 46.8. The lowest BCUT2D eigenvalue weighted by atomic mass is 9.69. The number of Topliss-reactive ketones (excluding diaryl/α,β-unsaturated/α-hetero) is 3. The summed E-state index contributed by atoms with van der Waals surface area (Å²) in [6.45, 7) is 37.3. The van der Waals surface area contributed by atoms with Gasteiger partial charge in [-0.15, -0.1) is 0 Å². The molecule has 0 aliphatic carbocycles. The summed E-state index contributed by atoms with van der Waals surface area (Å²) in [6, 6.07) is -0.832. The number of ketones is 3. The summed E-state index contributed by atoms with van der Waals surface area (Å²) in [4.78, 5) is 111. The van der Waals surface area contributed by atoms with Gasteiger partial charge >= 0.3 is 24.1 Å². The van der Waals surface area contributed by atoms with Gasteiger partial charge in [0.15, 0.2) is 35.3 Å². The van der Waals surface area contributed by atoms with Gasteiger partial charge in [0.2, 0.25) is 0 Å². The number of hydrogen-bond acceptors (Lipinski definition) is 21. The number of azide groups is 2. The molecule has 6 aliphatic rings. The summed E-state index contributed by atoms with van der Waals surface area (Å²) in [7, 11) is 11.3. The molecule has 27 heteroatoms. The van der Waals surface area contributed by atoms with E-state index in [-0.39, 0.29) is 91.4 Å². The van der Waals surface area contributed by atoms with Crippen LogP contribution in [0.25, 0.3) is 20.9 Å². The lowest BCUT2D eigenvalue weighted by Gasteiger charge is -2.48. The summed E-state index contributed by atoms with van der Waals surface area (Å²) < 4.78 is 63.5. The monoisotopic (exact) mass is 1410 g/mol. The molecule has 6 fully saturated rings. The number of fused-ring (bicyclic) bond motifs is 2. The van der Waals surface area contributed by atoms with E-state index < -0.39 is 137 Å². The van der Waals surface area contributed by atoms with Crippen LogP contribution in [-0.4, -0.2) is 225 Å². The highest BCUT2D eigenvalue weighted by Gasteiger charge is 2.62. The fourth-order valence-corrected chi connectivity index (χ4v) is 17.4. The molecule has 27 nitrogen and oxygen atoms in total. The molecule has 6 aliphatic heterocycles. The van der Waals surface area contributed by atoms with Gasteiger partial charge < -0.3 is 67.0 Å². The Bertz CT molecular complexity index is 2880. The van der Waals surface area contributed by atoms with E-state index >= 15 is 0 Å². The van der Waals surface area contributed by atoms with Gasteiger partial charge in [-0.2, -0.15) is 0 Å². The standard InChI is InChI=1S/C37H65N5O8.C36H61N5O9/c1-14-29-37(10)31(42(35(45)50-37)18-16-15-17-39-40-38)24(5)23(4)21(2)20-36(9,46-13)32(26(7)30(43)27(8)33(44)48-29)49-34-25(6)28(41(11)12)19-22(3)47-34;1-13-27-36(9)30(41(34(45)50-36)17-15-14-16-38-39-37)23(5)28(42)20(2)19-35(8,46-12)31(24(6)29(43)25(7)32(44)48-27)49-33-22(4)26(40(10)11)18-21(3)47-33/h21-29,31-32,34H,14-20H2,1-13H3;20-27,30-31,33H,13-19H2,1-12H3/t21-,22?,23?,24?,25?,26+,27-,28?,29-,31-,32-,34+,36-,37-;20-,21?,22?,23?,24+,25-,26?,27-,30-,31-,33+,35-,36-/m11/s1. The van der Waals surface area contributed by atoms with E-state index in [1.165, 1.54) is 18.9 Å². The number of amides is 2. The van der Waals surface area contributed by atoms with Crippen molar-refractivity contribution in [2.24, 2.45) is 75.3 Å². The second-order valence-corrected chi connectivity index (χ2v) is 31.4. The zero-order valence-corrected chi connectivity index (χ0v) is 65.1. The zero-order chi connectivity index (χ0) is 75.4. The van der Waals surface area contributed by atoms with Crippen LogP contribution in [0.5, 0.6) is 0 Å². The van der Waals surface area contributed by atoms with Crippen molar-refractivity contribution in [2.45, 2.75) is 292 Å². The van der Waals surface area contributed by atoms with Crippen molar-refractivity contribution in [3.63, 3.8) is 0 Å². The van der Waals surface area contributed by atoms with Gasteiger partial charge in [0.25, 0.3) is 0 Å². The third kappa shape index (κ3) is 19.0. The minimum atomic E-state index is -1.38. The predicted octanol–water partition coefficient (Wildman–Crippen LogP) is 12.2. The third-order valence-electron chi connectivity index (χ3n) is 23.8. The van der Waals surface area contributed by atoms with Crippen molar-refractivity contribution in [1.82, 2.24) is 19.6 Å². The van der Waals surface area contributed by atoms with Crippen LogP contribution in [0.15, 0.2) is 10.2 Å². The number of esters is 2. The number of cyclic esters (lactones) is 2.